The molecule has 0 amide bonds. The van der Waals surface area contributed by atoms with E-state index in [9.17, 15) is 0 Å². The first-order valence-electron chi connectivity index (χ1n) is 6.66. The van der Waals surface area contributed by atoms with Crippen LogP contribution in [0.15, 0.2) is 28.7 Å². The molecule has 0 atom stereocenters. The highest BCUT2D eigenvalue weighted by Gasteiger charge is 2.29. The Morgan fingerprint density at radius 1 is 1.25 bits per heavy atom. The summed E-state index contributed by atoms with van der Waals surface area (Å²) in [4.78, 5) is 9.31. The Morgan fingerprint density at radius 3 is 2.55 bits per heavy atom. The second-order valence-electron chi connectivity index (χ2n) is 5.02. The van der Waals surface area contributed by atoms with Gasteiger partial charge in [0.1, 0.15) is 11.6 Å². The van der Waals surface area contributed by atoms with Crippen molar-refractivity contribution in [3.8, 4) is 0 Å². The van der Waals surface area contributed by atoms with Crippen molar-refractivity contribution >= 4 is 33.3 Å². The van der Waals surface area contributed by atoms with Crippen LogP contribution in [0.2, 0.25) is 5.02 Å². The quantitative estimate of drug-likeness (QED) is 0.886. The fourth-order valence-corrected chi connectivity index (χ4v) is 2.99. The van der Waals surface area contributed by atoms with E-state index < -0.39 is 0 Å². The van der Waals surface area contributed by atoms with Crippen LogP contribution in [0.25, 0.3) is 0 Å². The van der Waals surface area contributed by atoms with Crippen LogP contribution in [0.3, 0.4) is 0 Å². The van der Waals surface area contributed by atoms with Crippen molar-refractivity contribution in [2.75, 3.05) is 12.4 Å². The summed E-state index contributed by atoms with van der Waals surface area (Å²) in [5.74, 6) is 2.30. The summed E-state index contributed by atoms with van der Waals surface area (Å²) in [6.45, 7) is 0. The van der Waals surface area contributed by atoms with E-state index in [1.54, 1.807) is 0 Å². The molecule has 5 heteroatoms. The molecule has 1 saturated carbocycles. The lowest BCUT2D eigenvalue weighted by Crippen LogP contribution is -2.05. The van der Waals surface area contributed by atoms with Crippen molar-refractivity contribution in [1.82, 2.24) is 9.97 Å². The molecule has 2 aromatic rings. The number of nitrogens with one attached hydrogen (secondary N) is 1. The Balaban J connectivity index is 1.92. The average Bonchev–Trinajstić information content (AvgIpc) is 3.27. The Hall–Kier alpha value is -1.13. The van der Waals surface area contributed by atoms with Gasteiger partial charge in [-0.15, -0.1) is 0 Å². The smallest absolute Gasteiger partial charge is 0.144 e. The molecule has 0 aliphatic heterocycles. The maximum atomic E-state index is 5.91. The summed E-state index contributed by atoms with van der Waals surface area (Å²) in [6.07, 6.45) is 3.16. The van der Waals surface area contributed by atoms with E-state index in [2.05, 4.69) is 26.2 Å². The van der Waals surface area contributed by atoms with Gasteiger partial charge in [-0.1, -0.05) is 23.7 Å². The van der Waals surface area contributed by atoms with Crippen molar-refractivity contribution in [2.45, 2.75) is 25.2 Å². The lowest BCUT2D eigenvalue weighted by atomic mass is 10.1. The van der Waals surface area contributed by atoms with Gasteiger partial charge in [0.05, 0.1) is 10.2 Å². The second-order valence-corrected chi connectivity index (χ2v) is 6.24. The second kappa shape index (κ2) is 5.70. The third kappa shape index (κ3) is 2.96. The topological polar surface area (TPSA) is 37.8 Å². The standard InChI is InChI=1S/C15H15BrClN3/c1-18-15-13(16)14(10-4-5-10)19-12(20-15)8-9-2-6-11(17)7-3-9/h2-3,6-7,10H,4-5,8H2,1H3,(H,18,19,20). The summed E-state index contributed by atoms with van der Waals surface area (Å²) >= 11 is 9.52. The molecule has 3 nitrogen and oxygen atoms in total. The van der Waals surface area contributed by atoms with E-state index >= 15 is 0 Å². The molecule has 3 rings (SSSR count). The van der Waals surface area contributed by atoms with Gasteiger partial charge in [-0.3, -0.25) is 0 Å². The Morgan fingerprint density at radius 2 is 1.95 bits per heavy atom. The van der Waals surface area contributed by atoms with Gasteiger partial charge in [-0.05, 0) is 46.5 Å². The number of aromatic nitrogens is 2. The van der Waals surface area contributed by atoms with Crippen LogP contribution in [0.5, 0.6) is 0 Å². The molecule has 1 aromatic carbocycles. The summed E-state index contributed by atoms with van der Waals surface area (Å²) in [5, 5.41) is 3.88. The summed E-state index contributed by atoms with van der Waals surface area (Å²) in [7, 11) is 1.88. The highest BCUT2D eigenvalue weighted by Crippen LogP contribution is 2.43. The number of benzene rings is 1. The lowest BCUT2D eigenvalue weighted by molar-refractivity contribution is 0.892. The maximum Gasteiger partial charge on any atom is 0.144 e. The molecule has 1 N–H and O–H groups in total. The van der Waals surface area contributed by atoms with E-state index in [4.69, 9.17) is 16.6 Å². The number of rotatable bonds is 4. The number of anilines is 1. The molecule has 0 saturated heterocycles. The first kappa shape index (κ1) is 13.8. The SMILES string of the molecule is CNc1nc(Cc2ccc(Cl)cc2)nc(C2CC2)c1Br. The molecule has 1 aromatic heterocycles. The zero-order chi connectivity index (χ0) is 14.1. The largest absolute Gasteiger partial charge is 0.372 e. The molecule has 0 bridgehead atoms. The van der Waals surface area contributed by atoms with Crippen molar-refractivity contribution in [1.29, 1.82) is 0 Å². The molecule has 1 fully saturated rings. The lowest BCUT2D eigenvalue weighted by Gasteiger charge is -2.10. The van der Waals surface area contributed by atoms with Crippen LogP contribution in [-0.4, -0.2) is 17.0 Å². The average molecular weight is 353 g/mol. The molecular weight excluding hydrogens is 338 g/mol. The monoisotopic (exact) mass is 351 g/mol. The molecule has 1 aliphatic carbocycles. The van der Waals surface area contributed by atoms with Gasteiger partial charge in [0.25, 0.3) is 0 Å². The predicted molar refractivity (Wildman–Crippen MR) is 85.5 cm³/mol. The van der Waals surface area contributed by atoms with E-state index in [0.717, 1.165) is 33.3 Å². The fraction of sp³-hybridized carbons (Fsp3) is 0.333. The Bertz CT molecular complexity index is 624. The maximum absolute atomic E-state index is 5.91. The van der Waals surface area contributed by atoms with Crippen LogP contribution in [0, 0.1) is 0 Å². The zero-order valence-corrected chi connectivity index (χ0v) is 13.5. The highest BCUT2D eigenvalue weighted by atomic mass is 79.9. The van der Waals surface area contributed by atoms with Gasteiger partial charge < -0.3 is 5.32 Å². The fourth-order valence-electron chi connectivity index (χ4n) is 2.17. The number of halogens is 2. The van der Waals surface area contributed by atoms with Crippen molar-refractivity contribution in [3.05, 3.63) is 50.8 Å². The molecule has 0 spiro atoms. The predicted octanol–water partition coefficient (Wildman–Crippen LogP) is 4.40. The van der Waals surface area contributed by atoms with E-state index in [-0.39, 0.29) is 0 Å². The van der Waals surface area contributed by atoms with Crippen molar-refractivity contribution < 1.29 is 0 Å². The number of hydrogen-bond donors (Lipinski definition) is 1. The van der Waals surface area contributed by atoms with Gasteiger partial charge in [-0.25, -0.2) is 9.97 Å². The molecule has 1 heterocycles. The van der Waals surface area contributed by atoms with Crippen LogP contribution >= 0.6 is 27.5 Å². The first-order valence-corrected chi connectivity index (χ1v) is 7.83. The summed E-state index contributed by atoms with van der Waals surface area (Å²) in [5.41, 5.74) is 2.30. The Labute approximate surface area is 131 Å². The van der Waals surface area contributed by atoms with Crippen molar-refractivity contribution in [3.63, 3.8) is 0 Å². The number of hydrogen-bond acceptors (Lipinski definition) is 3. The van der Waals surface area contributed by atoms with E-state index in [1.807, 2.05) is 31.3 Å². The Kier molecular flexibility index (Phi) is 3.94. The molecule has 20 heavy (non-hydrogen) atoms. The van der Waals surface area contributed by atoms with Gasteiger partial charge in [-0.2, -0.15) is 0 Å². The molecule has 1 aliphatic rings. The zero-order valence-electron chi connectivity index (χ0n) is 11.2. The van der Waals surface area contributed by atoms with Crippen molar-refractivity contribution in [2.24, 2.45) is 0 Å². The van der Waals surface area contributed by atoms with Gasteiger partial charge in [0.15, 0.2) is 0 Å². The molecule has 104 valence electrons. The van der Waals surface area contributed by atoms with E-state index in [0.29, 0.717) is 5.92 Å². The minimum atomic E-state index is 0.587. The molecular formula is C15H15BrClN3. The van der Waals surface area contributed by atoms with Crippen LogP contribution in [0.1, 0.15) is 35.8 Å². The number of nitrogens with zero attached hydrogens (tertiary/aromatic N) is 2. The van der Waals surface area contributed by atoms with Gasteiger partial charge in [0.2, 0.25) is 0 Å². The third-order valence-corrected chi connectivity index (χ3v) is 4.43. The van der Waals surface area contributed by atoms with E-state index in [1.165, 1.54) is 18.4 Å². The minimum Gasteiger partial charge on any atom is -0.372 e. The van der Waals surface area contributed by atoms with Crippen LogP contribution < -0.4 is 5.32 Å². The third-order valence-electron chi connectivity index (χ3n) is 3.40. The van der Waals surface area contributed by atoms with Crippen LogP contribution in [0.4, 0.5) is 5.82 Å². The normalized spacial score (nSPS) is 14.3. The first-order chi connectivity index (χ1) is 9.67. The van der Waals surface area contributed by atoms with Gasteiger partial charge in [0, 0.05) is 24.4 Å². The van der Waals surface area contributed by atoms with Gasteiger partial charge >= 0.3 is 0 Å². The molecule has 0 radical (unpaired) electrons. The summed E-state index contributed by atoms with van der Waals surface area (Å²) in [6, 6.07) is 7.83. The minimum absolute atomic E-state index is 0.587. The summed E-state index contributed by atoms with van der Waals surface area (Å²) < 4.78 is 1.00. The van der Waals surface area contributed by atoms with Crippen LogP contribution in [-0.2, 0) is 6.42 Å². The molecule has 0 unspecified atom stereocenters. The highest BCUT2D eigenvalue weighted by molar-refractivity contribution is 9.10.